The van der Waals surface area contributed by atoms with E-state index in [1.165, 1.54) is 0 Å². The molecule has 0 aliphatic heterocycles. The number of halogens is 2. The summed E-state index contributed by atoms with van der Waals surface area (Å²) in [5, 5.41) is 8.21. The molecule has 90 valence electrons. The smallest absolute Gasteiger partial charge is 0.253 e. The molecule has 1 aromatic carbocycles. The van der Waals surface area contributed by atoms with Crippen LogP contribution in [0.3, 0.4) is 0 Å². The molecule has 1 heterocycles. The fraction of sp³-hybridized carbons (Fsp3) is 0.273. The molecular weight excluding hydrogens is 263 g/mol. The van der Waals surface area contributed by atoms with Crippen molar-refractivity contribution in [3.63, 3.8) is 0 Å². The van der Waals surface area contributed by atoms with Gasteiger partial charge in [-0.05, 0) is 30.7 Å². The minimum atomic E-state index is 0.201. The first-order valence-electron chi connectivity index (χ1n) is 4.95. The van der Waals surface area contributed by atoms with Gasteiger partial charge in [0.25, 0.3) is 5.89 Å². The summed E-state index contributed by atoms with van der Waals surface area (Å²) in [5.41, 5.74) is 0.953. The lowest BCUT2D eigenvalue weighted by atomic mass is 10.2. The zero-order chi connectivity index (χ0) is 12.3. The van der Waals surface area contributed by atoms with Crippen molar-refractivity contribution in [3.05, 3.63) is 40.6 Å². The number of hydrogen-bond donors (Lipinski definition) is 0. The fourth-order valence-electron chi connectivity index (χ4n) is 1.31. The maximum atomic E-state index is 5.85. The Hall–Kier alpha value is -1.26. The largest absolute Gasteiger partial charge is 0.484 e. The van der Waals surface area contributed by atoms with E-state index in [0.29, 0.717) is 16.8 Å². The Morgan fingerprint density at radius 1 is 1.29 bits per heavy atom. The van der Waals surface area contributed by atoms with Gasteiger partial charge in [0, 0.05) is 5.02 Å². The normalized spacial score (nSPS) is 10.5. The Labute approximate surface area is 109 Å². The van der Waals surface area contributed by atoms with Crippen LogP contribution in [0, 0.1) is 6.92 Å². The Morgan fingerprint density at radius 3 is 2.71 bits per heavy atom. The van der Waals surface area contributed by atoms with Crippen LogP contribution in [0.1, 0.15) is 17.3 Å². The molecule has 0 spiro atoms. The van der Waals surface area contributed by atoms with Gasteiger partial charge in [-0.2, -0.15) is 0 Å². The standard InChI is InChI=1S/C11H10Cl2N2O2/c1-7-4-8(13)2-3-9(7)16-6-11-15-14-10(5-12)17-11/h2-4H,5-6H2,1H3. The fourth-order valence-corrected chi connectivity index (χ4v) is 1.65. The van der Waals surface area contributed by atoms with Crippen molar-refractivity contribution in [2.24, 2.45) is 0 Å². The number of rotatable bonds is 4. The van der Waals surface area contributed by atoms with E-state index in [9.17, 15) is 0 Å². The molecule has 6 heteroatoms. The molecule has 0 unspecified atom stereocenters. The first-order chi connectivity index (χ1) is 8.19. The second kappa shape index (κ2) is 5.38. The number of benzene rings is 1. The summed E-state index contributed by atoms with van der Waals surface area (Å²) in [7, 11) is 0. The number of alkyl halides is 1. The van der Waals surface area contributed by atoms with Gasteiger partial charge in [-0.1, -0.05) is 11.6 Å². The van der Waals surface area contributed by atoms with Crippen molar-refractivity contribution in [2.45, 2.75) is 19.4 Å². The second-order valence-corrected chi connectivity index (χ2v) is 4.13. The molecule has 0 aliphatic carbocycles. The molecule has 1 aromatic heterocycles. The molecule has 0 atom stereocenters. The van der Waals surface area contributed by atoms with E-state index in [2.05, 4.69) is 10.2 Å². The molecule has 0 amide bonds. The number of nitrogens with zero attached hydrogens (tertiary/aromatic N) is 2. The van der Waals surface area contributed by atoms with Gasteiger partial charge >= 0.3 is 0 Å². The van der Waals surface area contributed by atoms with Gasteiger partial charge in [0.05, 0.1) is 0 Å². The highest BCUT2D eigenvalue weighted by molar-refractivity contribution is 6.30. The zero-order valence-corrected chi connectivity index (χ0v) is 10.6. The molecule has 0 radical (unpaired) electrons. The van der Waals surface area contributed by atoms with Gasteiger partial charge in [0.2, 0.25) is 5.89 Å². The van der Waals surface area contributed by atoms with Crippen LogP contribution in [-0.2, 0) is 12.5 Å². The highest BCUT2D eigenvalue weighted by atomic mass is 35.5. The third kappa shape index (κ3) is 3.11. The van der Waals surface area contributed by atoms with E-state index in [0.717, 1.165) is 11.3 Å². The zero-order valence-electron chi connectivity index (χ0n) is 9.11. The first-order valence-corrected chi connectivity index (χ1v) is 5.86. The van der Waals surface area contributed by atoms with Gasteiger partial charge < -0.3 is 9.15 Å². The number of hydrogen-bond acceptors (Lipinski definition) is 4. The molecule has 0 fully saturated rings. The van der Waals surface area contributed by atoms with E-state index in [4.69, 9.17) is 32.4 Å². The van der Waals surface area contributed by atoms with E-state index in [-0.39, 0.29) is 12.5 Å². The number of aryl methyl sites for hydroxylation is 1. The van der Waals surface area contributed by atoms with Crippen LogP contribution in [-0.4, -0.2) is 10.2 Å². The molecule has 17 heavy (non-hydrogen) atoms. The monoisotopic (exact) mass is 272 g/mol. The molecular formula is C11H10Cl2N2O2. The third-order valence-corrected chi connectivity index (χ3v) is 2.57. The number of ether oxygens (including phenoxy) is 1. The summed E-state index contributed by atoms with van der Waals surface area (Å²) < 4.78 is 10.8. The molecule has 2 rings (SSSR count). The van der Waals surface area contributed by atoms with Gasteiger partial charge in [-0.15, -0.1) is 21.8 Å². The average Bonchev–Trinajstić information content (AvgIpc) is 2.76. The summed E-state index contributed by atoms with van der Waals surface area (Å²) in [6, 6.07) is 5.40. The van der Waals surface area contributed by atoms with Crippen LogP contribution in [0.15, 0.2) is 22.6 Å². The summed E-state index contributed by atoms with van der Waals surface area (Å²) in [6.45, 7) is 2.13. The topological polar surface area (TPSA) is 48.2 Å². The lowest BCUT2D eigenvalue weighted by molar-refractivity contribution is 0.258. The average molecular weight is 273 g/mol. The summed E-state index contributed by atoms with van der Waals surface area (Å²) in [6.07, 6.45) is 0. The minimum Gasteiger partial charge on any atom is -0.484 e. The maximum Gasteiger partial charge on any atom is 0.253 e. The Kier molecular flexibility index (Phi) is 3.86. The predicted octanol–water partition coefficient (Wildman–Crippen LogP) is 3.35. The van der Waals surface area contributed by atoms with E-state index >= 15 is 0 Å². The Bertz CT molecular complexity index is 514. The van der Waals surface area contributed by atoms with Gasteiger partial charge in [0.1, 0.15) is 11.6 Å². The van der Waals surface area contributed by atoms with Crippen LogP contribution in [0.25, 0.3) is 0 Å². The van der Waals surface area contributed by atoms with Crippen LogP contribution >= 0.6 is 23.2 Å². The lowest BCUT2D eigenvalue weighted by Gasteiger charge is -2.06. The summed E-state index contributed by atoms with van der Waals surface area (Å²) >= 11 is 11.4. The maximum absolute atomic E-state index is 5.85. The van der Waals surface area contributed by atoms with E-state index in [1.807, 2.05) is 13.0 Å². The van der Waals surface area contributed by atoms with Crippen LogP contribution in [0.4, 0.5) is 0 Å². The predicted molar refractivity (Wildman–Crippen MR) is 64.4 cm³/mol. The molecule has 0 saturated heterocycles. The van der Waals surface area contributed by atoms with Crippen LogP contribution in [0.5, 0.6) is 5.75 Å². The van der Waals surface area contributed by atoms with Crippen LogP contribution in [0.2, 0.25) is 5.02 Å². The van der Waals surface area contributed by atoms with Crippen molar-refractivity contribution in [2.75, 3.05) is 0 Å². The van der Waals surface area contributed by atoms with Crippen molar-refractivity contribution in [1.82, 2.24) is 10.2 Å². The quantitative estimate of drug-likeness (QED) is 0.801. The Morgan fingerprint density at radius 2 is 2.06 bits per heavy atom. The van der Waals surface area contributed by atoms with Gasteiger partial charge in [-0.25, -0.2) is 0 Å². The van der Waals surface area contributed by atoms with E-state index in [1.54, 1.807) is 12.1 Å². The molecule has 2 aromatic rings. The lowest BCUT2D eigenvalue weighted by Crippen LogP contribution is -1.97. The van der Waals surface area contributed by atoms with Gasteiger partial charge in [-0.3, -0.25) is 0 Å². The molecule has 0 N–H and O–H groups in total. The van der Waals surface area contributed by atoms with Crippen molar-refractivity contribution >= 4 is 23.2 Å². The summed E-state index contributed by atoms with van der Waals surface area (Å²) in [5.74, 6) is 1.72. The highest BCUT2D eigenvalue weighted by Crippen LogP contribution is 2.22. The molecule has 4 nitrogen and oxygen atoms in total. The minimum absolute atomic E-state index is 0.201. The van der Waals surface area contributed by atoms with E-state index < -0.39 is 0 Å². The van der Waals surface area contributed by atoms with Crippen molar-refractivity contribution < 1.29 is 9.15 Å². The first kappa shape index (κ1) is 12.2. The second-order valence-electron chi connectivity index (χ2n) is 3.42. The molecule has 0 saturated carbocycles. The van der Waals surface area contributed by atoms with Crippen LogP contribution < -0.4 is 4.74 Å². The van der Waals surface area contributed by atoms with Crippen molar-refractivity contribution in [1.29, 1.82) is 0 Å². The Balaban J connectivity index is 2.02. The summed E-state index contributed by atoms with van der Waals surface area (Å²) in [4.78, 5) is 0. The highest BCUT2D eigenvalue weighted by Gasteiger charge is 2.07. The molecule has 0 bridgehead atoms. The molecule has 0 aliphatic rings. The number of aromatic nitrogens is 2. The SMILES string of the molecule is Cc1cc(Cl)ccc1OCc1nnc(CCl)o1. The van der Waals surface area contributed by atoms with Crippen molar-refractivity contribution in [3.8, 4) is 5.75 Å². The van der Waals surface area contributed by atoms with Gasteiger partial charge in [0.15, 0.2) is 6.61 Å². The third-order valence-electron chi connectivity index (χ3n) is 2.11.